The molecule has 0 saturated heterocycles. The van der Waals surface area contributed by atoms with E-state index in [9.17, 15) is 0 Å². The summed E-state index contributed by atoms with van der Waals surface area (Å²) in [6, 6.07) is 3.83. The Hall–Kier alpha value is -0.950. The fourth-order valence-electron chi connectivity index (χ4n) is 2.04. The molecule has 2 N–H and O–H groups in total. The molecule has 7 heteroatoms. The van der Waals surface area contributed by atoms with Gasteiger partial charge >= 0.3 is 0 Å². The summed E-state index contributed by atoms with van der Waals surface area (Å²) in [6.45, 7) is 2.80. The molecule has 1 aliphatic rings. The SMILES string of the molecule is Cc1nc(N)sc1SCc1cc(Cl)cc2c1OCOC2. The number of halogens is 1. The highest BCUT2D eigenvalue weighted by Crippen LogP contribution is 2.38. The van der Waals surface area contributed by atoms with Crippen LogP contribution in [0.15, 0.2) is 16.3 Å². The summed E-state index contributed by atoms with van der Waals surface area (Å²) < 4.78 is 12.0. The van der Waals surface area contributed by atoms with Gasteiger partial charge in [0.1, 0.15) is 5.75 Å². The van der Waals surface area contributed by atoms with Crippen LogP contribution in [0.5, 0.6) is 5.75 Å². The van der Waals surface area contributed by atoms with Crippen LogP contribution in [0.4, 0.5) is 5.13 Å². The van der Waals surface area contributed by atoms with Crippen LogP contribution in [0.25, 0.3) is 0 Å². The molecule has 1 aliphatic heterocycles. The average molecular weight is 329 g/mol. The topological polar surface area (TPSA) is 57.4 Å². The summed E-state index contributed by atoms with van der Waals surface area (Å²) in [5.41, 5.74) is 8.76. The van der Waals surface area contributed by atoms with Gasteiger partial charge in [-0.15, -0.1) is 11.8 Å². The molecule has 106 valence electrons. The standard InChI is InChI=1S/C13H13ClN2O2S2/c1-7-12(20-13(15)16-7)19-5-9-3-10(14)2-8-4-17-6-18-11(8)9/h2-3H,4-6H2,1H3,(H2,15,16). The van der Waals surface area contributed by atoms with Crippen molar-refractivity contribution in [3.8, 4) is 5.75 Å². The number of hydrogen-bond acceptors (Lipinski definition) is 6. The summed E-state index contributed by atoms with van der Waals surface area (Å²) >= 11 is 9.35. The molecule has 0 radical (unpaired) electrons. The number of hydrogen-bond donors (Lipinski definition) is 1. The van der Waals surface area contributed by atoms with E-state index in [1.807, 2.05) is 19.1 Å². The van der Waals surface area contributed by atoms with Crippen LogP contribution in [0.3, 0.4) is 0 Å². The van der Waals surface area contributed by atoms with Gasteiger partial charge in [-0.3, -0.25) is 0 Å². The van der Waals surface area contributed by atoms with E-state index in [1.165, 1.54) is 11.3 Å². The Kier molecular flexibility index (Phi) is 4.07. The Morgan fingerprint density at radius 3 is 3.10 bits per heavy atom. The van der Waals surface area contributed by atoms with E-state index in [0.717, 1.165) is 32.5 Å². The number of rotatable bonds is 3. The van der Waals surface area contributed by atoms with Crippen LogP contribution < -0.4 is 10.5 Å². The Bertz CT molecular complexity index is 646. The molecular weight excluding hydrogens is 316 g/mol. The van der Waals surface area contributed by atoms with Gasteiger partial charge in [0.15, 0.2) is 11.9 Å². The molecular formula is C13H13ClN2O2S2. The number of thioether (sulfide) groups is 1. The lowest BCUT2D eigenvalue weighted by Crippen LogP contribution is -2.12. The largest absolute Gasteiger partial charge is 0.467 e. The predicted molar refractivity (Wildman–Crippen MR) is 82.6 cm³/mol. The van der Waals surface area contributed by atoms with Crippen molar-refractivity contribution >= 4 is 39.8 Å². The highest BCUT2D eigenvalue weighted by Gasteiger charge is 2.17. The second kappa shape index (κ2) is 5.81. The molecule has 0 fully saturated rings. The van der Waals surface area contributed by atoms with Gasteiger partial charge in [0, 0.05) is 21.9 Å². The van der Waals surface area contributed by atoms with Gasteiger partial charge in [-0.25, -0.2) is 4.98 Å². The maximum Gasteiger partial charge on any atom is 0.189 e. The van der Waals surface area contributed by atoms with Crippen LogP contribution in [-0.4, -0.2) is 11.8 Å². The van der Waals surface area contributed by atoms with E-state index in [1.54, 1.807) is 11.8 Å². The minimum absolute atomic E-state index is 0.291. The number of nitrogens with two attached hydrogens (primary N) is 1. The van der Waals surface area contributed by atoms with Crippen LogP contribution in [0.1, 0.15) is 16.8 Å². The zero-order valence-corrected chi connectivity index (χ0v) is 13.2. The van der Waals surface area contributed by atoms with Crippen molar-refractivity contribution in [3.63, 3.8) is 0 Å². The monoisotopic (exact) mass is 328 g/mol. The van der Waals surface area contributed by atoms with Crippen molar-refractivity contribution in [2.45, 2.75) is 23.5 Å². The third kappa shape index (κ3) is 2.88. The van der Waals surface area contributed by atoms with Gasteiger partial charge in [0.2, 0.25) is 0 Å². The van der Waals surface area contributed by atoms with Crippen molar-refractivity contribution in [1.29, 1.82) is 0 Å². The van der Waals surface area contributed by atoms with Gasteiger partial charge in [-0.05, 0) is 19.1 Å². The van der Waals surface area contributed by atoms with Crippen molar-refractivity contribution in [3.05, 3.63) is 34.0 Å². The normalized spacial score (nSPS) is 13.9. The molecule has 0 saturated carbocycles. The van der Waals surface area contributed by atoms with Gasteiger partial charge < -0.3 is 15.2 Å². The molecule has 0 bridgehead atoms. The summed E-state index contributed by atoms with van der Waals surface area (Å²) in [4.78, 5) is 4.23. The van der Waals surface area contributed by atoms with E-state index >= 15 is 0 Å². The lowest BCUT2D eigenvalue weighted by molar-refractivity contribution is -0.0168. The third-order valence-electron chi connectivity index (χ3n) is 2.88. The van der Waals surface area contributed by atoms with Crippen molar-refractivity contribution in [2.24, 2.45) is 0 Å². The molecule has 0 unspecified atom stereocenters. The summed E-state index contributed by atoms with van der Waals surface area (Å²) in [6.07, 6.45) is 0. The summed E-state index contributed by atoms with van der Waals surface area (Å²) in [7, 11) is 0. The lowest BCUT2D eigenvalue weighted by Gasteiger charge is -2.20. The summed E-state index contributed by atoms with van der Waals surface area (Å²) in [5.74, 6) is 1.66. The Balaban J connectivity index is 1.83. The van der Waals surface area contributed by atoms with Crippen LogP contribution in [0.2, 0.25) is 5.02 Å². The Morgan fingerprint density at radius 2 is 2.35 bits per heavy atom. The van der Waals surface area contributed by atoms with Crippen molar-refractivity contribution < 1.29 is 9.47 Å². The van der Waals surface area contributed by atoms with Crippen molar-refractivity contribution in [1.82, 2.24) is 4.98 Å². The molecule has 2 heterocycles. The first-order valence-corrected chi connectivity index (χ1v) is 8.19. The van der Waals surface area contributed by atoms with E-state index in [2.05, 4.69) is 4.98 Å². The molecule has 0 spiro atoms. The fourth-order valence-corrected chi connectivity index (χ4v) is 4.30. The number of ether oxygens (including phenoxy) is 2. The van der Waals surface area contributed by atoms with Crippen LogP contribution in [-0.2, 0) is 17.1 Å². The third-order valence-corrected chi connectivity index (χ3v) is 5.50. The molecule has 0 aliphatic carbocycles. The molecule has 4 nitrogen and oxygen atoms in total. The van der Waals surface area contributed by atoms with Gasteiger partial charge in [-0.2, -0.15) is 0 Å². The molecule has 2 aromatic rings. The summed E-state index contributed by atoms with van der Waals surface area (Å²) in [5, 5.41) is 1.30. The van der Waals surface area contributed by atoms with Crippen LogP contribution >= 0.6 is 34.7 Å². The number of thiazole rings is 1. The van der Waals surface area contributed by atoms with Crippen molar-refractivity contribution in [2.75, 3.05) is 12.5 Å². The number of aryl methyl sites for hydroxylation is 1. The number of aromatic nitrogens is 1. The first-order chi connectivity index (χ1) is 9.63. The second-order valence-corrected chi connectivity index (χ2v) is 7.09. The van der Waals surface area contributed by atoms with E-state index < -0.39 is 0 Å². The Labute approximate surface area is 130 Å². The smallest absolute Gasteiger partial charge is 0.189 e. The maximum atomic E-state index is 6.15. The predicted octanol–water partition coefficient (Wildman–Crippen LogP) is 3.85. The quantitative estimate of drug-likeness (QED) is 0.867. The lowest BCUT2D eigenvalue weighted by atomic mass is 10.1. The van der Waals surface area contributed by atoms with Gasteiger partial charge in [0.05, 0.1) is 16.5 Å². The molecule has 0 atom stereocenters. The number of benzene rings is 1. The van der Waals surface area contributed by atoms with Crippen LogP contribution in [0, 0.1) is 6.92 Å². The van der Waals surface area contributed by atoms with E-state index in [-0.39, 0.29) is 0 Å². The van der Waals surface area contributed by atoms with Gasteiger partial charge in [0.25, 0.3) is 0 Å². The minimum atomic E-state index is 0.291. The molecule has 20 heavy (non-hydrogen) atoms. The number of anilines is 1. The highest BCUT2D eigenvalue weighted by molar-refractivity contribution is 8.00. The second-order valence-electron chi connectivity index (χ2n) is 4.38. The number of fused-ring (bicyclic) bond motifs is 1. The first kappa shape index (κ1) is 14.0. The van der Waals surface area contributed by atoms with E-state index in [4.69, 9.17) is 26.8 Å². The highest BCUT2D eigenvalue weighted by atomic mass is 35.5. The molecule has 1 aromatic heterocycles. The molecule has 0 amide bonds. The van der Waals surface area contributed by atoms with E-state index in [0.29, 0.717) is 23.6 Å². The zero-order chi connectivity index (χ0) is 14.1. The first-order valence-electron chi connectivity index (χ1n) is 6.01. The number of nitrogens with zero attached hydrogens (tertiary/aromatic N) is 1. The number of nitrogen functional groups attached to an aromatic ring is 1. The molecule has 1 aromatic carbocycles. The van der Waals surface area contributed by atoms with Gasteiger partial charge in [-0.1, -0.05) is 22.9 Å². The maximum absolute atomic E-state index is 6.15. The minimum Gasteiger partial charge on any atom is -0.467 e. The Morgan fingerprint density at radius 1 is 1.50 bits per heavy atom. The fraction of sp³-hybridized carbons (Fsp3) is 0.308. The average Bonchev–Trinajstić information content (AvgIpc) is 2.74. The molecule has 3 rings (SSSR count). The zero-order valence-electron chi connectivity index (χ0n) is 10.8.